The van der Waals surface area contributed by atoms with Crippen LogP contribution in [-0.4, -0.2) is 34.5 Å². The van der Waals surface area contributed by atoms with E-state index in [9.17, 15) is 4.79 Å². The Balaban J connectivity index is 1.40. The van der Waals surface area contributed by atoms with Gasteiger partial charge in [-0.1, -0.05) is 18.2 Å². The number of hydroxylamine groups is 1. The van der Waals surface area contributed by atoms with Gasteiger partial charge in [0.2, 0.25) is 0 Å². The molecule has 1 amide bonds. The van der Waals surface area contributed by atoms with Crippen molar-refractivity contribution in [1.82, 2.24) is 10.5 Å². The van der Waals surface area contributed by atoms with Gasteiger partial charge in [-0.05, 0) is 73.7 Å². The molecule has 0 spiro atoms. The molecule has 3 aromatic rings. The lowest BCUT2D eigenvalue weighted by atomic mass is 10.1. The van der Waals surface area contributed by atoms with Gasteiger partial charge in [-0.15, -0.1) is 0 Å². The molecule has 0 saturated carbocycles. The summed E-state index contributed by atoms with van der Waals surface area (Å²) in [6, 6.07) is 17.7. The molecule has 2 heterocycles. The summed E-state index contributed by atoms with van der Waals surface area (Å²) in [4.78, 5) is 16.6. The minimum absolute atomic E-state index is 0.372. The zero-order valence-corrected chi connectivity index (χ0v) is 17.7. The molecule has 1 fully saturated rings. The molecule has 30 heavy (non-hydrogen) atoms. The van der Waals surface area contributed by atoms with Crippen LogP contribution in [0, 0.1) is 6.92 Å². The van der Waals surface area contributed by atoms with E-state index in [-0.39, 0.29) is 11.9 Å². The van der Waals surface area contributed by atoms with Crippen LogP contribution in [0.5, 0.6) is 5.75 Å². The summed E-state index contributed by atoms with van der Waals surface area (Å²) in [7, 11) is 0. The van der Waals surface area contributed by atoms with Crippen LogP contribution in [0.3, 0.4) is 0 Å². The molecule has 4 rings (SSSR count). The maximum absolute atomic E-state index is 12.0. The fourth-order valence-corrected chi connectivity index (χ4v) is 4.93. The lowest BCUT2D eigenvalue weighted by molar-refractivity contribution is -0.130. The quantitative estimate of drug-likeness (QED) is 0.350. The second-order valence-electron chi connectivity index (χ2n) is 7.33. The molecule has 1 atom stereocenters. The van der Waals surface area contributed by atoms with Crippen LogP contribution >= 0.6 is 11.9 Å². The van der Waals surface area contributed by atoms with Gasteiger partial charge in [0.05, 0.1) is 12.1 Å². The Morgan fingerprint density at radius 1 is 1.27 bits per heavy atom. The highest BCUT2D eigenvalue weighted by Gasteiger charge is 2.29. The van der Waals surface area contributed by atoms with Crippen molar-refractivity contribution in [1.29, 1.82) is 0 Å². The fourth-order valence-electron chi connectivity index (χ4n) is 3.78. The van der Waals surface area contributed by atoms with E-state index in [0.29, 0.717) is 6.61 Å². The lowest BCUT2D eigenvalue weighted by Gasteiger charge is -2.34. The number of anilines is 1. The predicted molar refractivity (Wildman–Crippen MR) is 120 cm³/mol. The van der Waals surface area contributed by atoms with Crippen LogP contribution in [-0.2, 0) is 11.2 Å². The van der Waals surface area contributed by atoms with Gasteiger partial charge in [-0.3, -0.25) is 15.0 Å². The van der Waals surface area contributed by atoms with Crippen LogP contribution < -0.4 is 14.5 Å². The maximum Gasteiger partial charge on any atom is 0.267 e. The highest BCUT2D eigenvalue weighted by atomic mass is 32.2. The summed E-state index contributed by atoms with van der Waals surface area (Å²) in [5.41, 5.74) is 5.96. The second-order valence-corrected chi connectivity index (χ2v) is 8.39. The van der Waals surface area contributed by atoms with Crippen molar-refractivity contribution in [2.45, 2.75) is 32.2 Å². The first-order chi connectivity index (χ1) is 14.7. The Labute approximate surface area is 180 Å². The van der Waals surface area contributed by atoms with E-state index < -0.39 is 0 Å². The number of carbonyl (C=O) groups excluding carboxylic acids is 1. The van der Waals surface area contributed by atoms with E-state index in [2.05, 4.69) is 17.1 Å². The molecule has 0 aliphatic carbocycles. The number of hydrogen-bond acceptors (Lipinski definition) is 6. The Bertz CT molecular complexity index is 1030. The molecule has 1 aliphatic heterocycles. The number of aryl methyl sites for hydroxylation is 1. The van der Waals surface area contributed by atoms with Gasteiger partial charge in [0.15, 0.2) is 0 Å². The monoisotopic (exact) mass is 423 g/mol. The van der Waals surface area contributed by atoms with Crippen LogP contribution in [0.15, 0.2) is 54.6 Å². The largest absolute Gasteiger partial charge is 0.493 e. The highest BCUT2D eigenvalue weighted by Crippen LogP contribution is 2.33. The van der Waals surface area contributed by atoms with E-state index in [0.717, 1.165) is 53.0 Å². The summed E-state index contributed by atoms with van der Waals surface area (Å²) >= 11 is 1.61. The Kier molecular flexibility index (Phi) is 6.40. The molecule has 156 valence electrons. The predicted octanol–water partition coefficient (Wildman–Crippen LogP) is 4.29. The summed E-state index contributed by atoms with van der Waals surface area (Å²) in [5, 5.41) is 10.2. The summed E-state index contributed by atoms with van der Waals surface area (Å²) < 4.78 is 7.93. The van der Waals surface area contributed by atoms with Crippen LogP contribution in [0.1, 0.15) is 24.1 Å². The van der Waals surface area contributed by atoms with Gasteiger partial charge < -0.3 is 9.04 Å². The summed E-state index contributed by atoms with van der Waals surface area (Å²) in [6.07, 6.45) is 2.47. The number of benzene rings is 2. The van der Waals surface area contributed by atoms with E-state index >= 15 is 0 Å². The number of hydrogen-bond donors (Lipinski definition) is 2. The van der Waals surface area contributed by atoms with Crippen molar-refractivity contribution in [3.8, 4) is 5.75 Å². The van der Waals surface area contributed by atoms with Crippen LogP contribution in [0.25, 0.3) is 10.9 Å². The second kappa shape index (κ2) is 9.36. The molecule has 1 saturated heterocycles. The number of aromatic nitrogens is 1. The highest BCUT2D eigenvalue weighted by molar-refractivity contribution is 8.00. The van der Waals surface area contributed by atoms with Gasteiger partial charge >= 0.3 is 0 Å². The molecule has 6 nitrogen and oxygen atoms in total. The van der Waals surface area contributed by atoms with Crippen molar-refractivity contribution in [2.75, 3.05) is 16.7 Å². The molecule has 2 N–H and O–H groups in total. The zero-order chi connectivity index (χ0) is 20.9. The van der Waals surface area contributed by atoms with Crippen molar-refractivity contribution in [3.63, 3.8) is 0 Å². The number of amides is 1. The lowest BCUT2D eigenvalue weighted by Crippen LogP contribution is -2.45. The minimum Gasteiger partial charge on any atom is -0.493 e. The van der Waals surface area contributed by atoms with E-state index in [1.165, 1.54) is 5.56 Å². The summed E-state index contributed by atoms with van der Waals surface area (Å²) in [5.74, 6) is 1.37. The average Bonchev–Trinajstić information content (AvgIpc) is 2.79. The van der Waals surface area contributed by atoms with E-state index in [4.69, 9.17) is 9.94 Å². The topological polar surface area (TPSA) is 74.7 Å². The number of rotatable bonds is 6. The van der Waals surface area contributed by atoms with Gasteiger partial charge in [-0.2, -0.15) is 0 Å². The number of nitrogens with zero attached hydrogens (tertiary/aromatic N) is 2. The molecule has 1 aromatic heterocycles. The molecular weight excluding hydrogens is 398 g/mol. The fraction of sp³-hybridized carbons (Fsp3) is 0.304. The molecular formula is C23H25N3O3S. The molecule has 0 bridgehead atoms. The van der Waals surface area contributed by atoms with Crippen molar-refractivity contribution in [2.24, 2.45) is 0 Å². The third-order valence-corrected chi connectivity index (χ3v) is 6.42. The van der Waals surface area contributed by atoms with Crippen LogP contribution in [0.4, 0.5) is 5.69 Å². The van der Waals surface area contributed by atoms with Crippen molar-refractivity contribution < 1.29 is 14.7 Å². The van der Waals surface area contributed by atoms with Gasteiger partial charge in [-0.25, -0.2) is 5.48 Å². The molecule has 7 heteroatoms. The third-order valence-electron chi connectivity index (χ3n) is 5.21. The van der Waals surface area contributed by atoms with E-state index in [1.807, 2.05) is 53.7 Å². The van der Waals surface area contributed by atoms with Crippen molar-refractivity contribution in [3.05, 3.63) is 65.9 Å². The number of ether oxygens (including phenoxy) is 1. The maximum atomic E-state index is 12.0. The Morgan fingerprint density at radius 2 is 2.07 bits per heavy atom. The van der Waals surface area contributed by atoms with Crippen molar-refractivity contribution >= 4 is 34.4 Å². The number of nitrogens with one attached hydrogen (secondary N) is 1. The first-order valence-electron chi connectivity index (χ1n) is 10.1. The number of para-hydroxylation sites is 1. The van der Waals surface area contributed by atoms with E-state index in [1.54, 1.807) is 17.4 Å². The zero-order valence-electron chi connectivity index (χ0n) is 16.9. The normalized spacial score (nSPS) is 16.5. The smallest absolute Gasteiger partial charge is 0.267 e. The molecule has 1 aliphatic rings. The number of pyridine rings is 1. The van der Waals surface area contributed by atoms with Gasteiger partial charge in [0.25, 0.3) is 5.91 Å². The number of carbonyl (C=O) groups is 1. The molecule has 2 aromatic carbocycles. The van der Waals surface area contributed by atoms with Crippen LogP contribution in [0.2, 0.25) is 0 Å². The SMILES string of the molecule is Cc1cc(CCOc2ccc(N3SCCCC3C(=O)NO)cc2)c2ccccc2n1. The Hall–Kier alpha value is -2.77. The van der Waals surface area contributed by atoms with Gasteiger partial charge in [0.1, 0.15) is 11.8 Å². The third kappa shape index (κ3) is 4.52. The average molecular weight is 424 g/mol. The minimum atomic E-state index is -0.373. The first-order valence-corrected chi connectivity index (χ1v) is 11.0. The molecule has 1 unspecified atom stereocenters. The number of fused-ring (bicyclic) bond motifs is 1. The van der Waals surface area contributed by atoms with Gasteiger partial charge in [0, 0.05) is 28.9 Å². The summed E-state index contributed by atoms with van der Waals surface area (Å²) in [6.45, 7) is 2.58. The standard InChI is InChI=1S/C23H25N3O3S/c1-16-15-17(20-5-2-3-6-21(20)24-16)12-13-29-19-10-8-18(9-11-19)26-22(23(27)25-28)7-4-14-30-26/h2-3,5-6,8-11,15,22,28H,4,7,12-14H2,1H3,(H,25,27). The first kappa shape index (κ1) is 20.5. The molecule has 0 radical (unpaired) electrons. The Morgan fingerprint density at radius 3 is 2.87 bits per heavy atom.